The summed E-state index contributed by atoms with van der Waals surface area (Å²) in [5, 5.41) is 6.84. The molecule has 4 nitrogen and oxygen atoms in total. The van der Waals surface area contributed by atoms with Crippen molar-refractivity contribution in [3.63, 3.8) is 0 Å². The zero-order valence-corrected chi connectivity index (χ0v) is 10.7. The van der Waals surface area contributed by atoms with Crippen LogP contribution in [0.2, 0.25) is 0 Å². The molecule has 0 spiro atoms. The largest absolute Gasteiger partial charge is 0.361 e. The van der Waals surface area contributed by atoms with Crippen LogP contribution in [0.5, 0.6) is 0 Å². The summed E-state index contributed by atoms with van der Waals surface area (Å²) < 4.78 is 4.86. The third kappa shape index (κ3) is 3.22. The summed E-state index contributed by atoms with van der Waals surface area (Å²) in [6.45, 7) is 2.45. The summed E-state index contributed by atoms with van der Waals surface area (Å²) in [6, 6.07) is 0. The number of hydrogen-bond donors (Lipinski definition) is 1. The van der Waals surface area contributed by atoms with E-state index in [0.29, 0.717) is 29.2 Å². The minimum Gasteiger partial charge on any atom is -0.361 e. The lowest BCUT2D eigenvalue weighted by atomic mass is 9.89. The van der Waals surface area contributed by atoms with E-state index in [0.717, 1.165) is 25.7 Å². The number of carbonyl (C=O) groups is 1. The maximum atomic E-state index is 11.8. The molecule has 1 heterocycles. The van der Waals surface area contributed by atoms with E-state index in [9.17, 15) is 4.79 Å². The zero-order valence-electron chi connectivity index (χ0n) is 9.91. The lowest BCUT2D eigenvalue weighted by Crippen LogP contribution is -2.31. The maximum Gasteiger partial charge on any atom is 0.256 e. The Morgan fingerprint density at radius 2 is 2.24 bits per heavy atom. The number of nitrogens with one attached hydrogen (secondary N) is 1. The van der Waals surface area contributed by atoms with Crippen LogP contribution in [0, 0.1) is 12.8 Å². The molecule has 1 aliphatic rings. The number of hydrogen-bond acceptors (Lipinski definition) is 3. The van der Waals surface area contributed by atoms with Crippen molar-refractivity contribution in [1.29, 1.82) is 0 Å². The maximum absolute atomic E-state index is 11.8. The highest BCUT2D eigenvalue weighted by Gasteiger charge is 2.20. The van der Waals surface area contributed by atoms with Crippen molar-refractivity contribution in [3.8, 4) is 0 Å². The average Bonchev–Trinajstić information content (AvgIpc) is 2.74. The molecule has 5 heteroatoms. The lowest BCUT2D eigenvalue weighted by molar-refractivity contribution is 0.0942. The Balaban J connectivity index is 1.79. The molecule has 0 radical (unpaired) electrons. The summed E-state index contributed by atoms with van der Waals surface area (Å²) in [4.78, 5) is 11.8. The van der Waals surface area contributed by atoms with E-state index in [1.165, 1.54) is 6.20 Å². The van der Waals surface area contributed by atoms with Gasteiger partial charge in [0.25, 0.3) is 5.91 Å². The molecule has 1 saturated carbocycles. The number of carbonyl (C=O) groups excluding carboxylic acids is 1. The molecule has 1 aromatic rings. The van der Waals surface area contributed by atoms with Crippen molar-refractivity contribution in [2.45, 2.75) is 38.0 Å². The van der Waals surface area contributed by atoms with Gasteiger partial charge in [0.2, 0.25) is 0 Å². The van der Waals surface area contributed by atoms with Gasteiger partial charge in [-0.2, -0.15) is 0 Å². The number of nitrogens with zero attached hydrogens (tertiary/aromatic N) is 1. The molecule has 1 fully saturated rings. The van der Waals surface area contributed by atoms with Gasteiger partial charge in [0.15, 0.2) is 0 Å². The first-order valence-electron chi connectivity index (χ1n) is 6.00. The smallest absolute Gasteiger partial charge is 0.256 e. The van der Waals surface area contributed by atoms with E-state index in [1.54, 1.807) is 6.92 Å². The molecule has 94 valence electrons. The molecule has 0 saturated heterocycles. The molecule has 1 N–H and O–H groups in total. The third-order valence-corrected chi connectivity index (χ3v) is 3.76. The Kier molecular flexibility index (Phi) is 4.05. The van der Waals surface area contributed by atoms with Crippen LogP contribution >= 0.6 is 11.6 Å². The van der Waals surface area contributed by atoms with Gasteiger partial charge in [0.05, 0.1) is 6.20 Å². The van der Waals surface area contributed by atoms with Crippen LogP contribution < -0.4 is 5.32 Å². The second kappa shape index (κ2) is 5.54. The van der Waals surface area contributed by atoms with Crippen LogP contribution in [0.1, 0.15) is 41.8 Å². The van der Waals surface area contributed by atoms with Crippen molar-refractivity contribution >= 4 is 17.5 Å². The molecule has 1 aliphatic carbocycles. The van der Waals surface area contributed by atoms with Gasteiger partial charge in [-0.1, -0.05) is 5.16 Å². The molecule has 0 aromatic carbocycles. The number of aromatic nitrogens is 1. The van der Waals surface area contributed by atoms with Crippen LogP contribution in [0.4, 0.5) is 0 Å². The van der Waals surface area contributed by atoms with Crippen LogP contribution in [0.25, 0.3) is 0 Å². The molecular weight excluding hydrogens is 240 g/mol. The van der Waals surface area contributed by atoms with Crippen molar-refractivity contribution in [1.82, 2.24) is 10.5 Å². The molecule has 0 atom stereocenters. The third-order valence-electron chi connectivity index (χ3n) is 3.32. The van der Waals surface area contributed by atoms with E-state index in [-0.39, 0.29) is 5.91 Å². The summed E-state index contributed by atoms with van der Waals surface area (Å²) in [5.74, 6) is 1.01. The van der Waals surface area contributed by atoms with Gasteiger partial charge in [0.1, 0.15) is 11.3 Å². The van der Waals surface area contributed by atoms with Crippen molar-refractivity contribution in [3.05, 3.63) is 17.5 Å². The molecule has 0 aliphatic heterocycles. The van der Waals surface area contributed by atoms with Gasteiger partial charge in [0, 0.05) is 11.9 Å². The van der Waals surface area contributed by atoms with Gasteiger partial charge >= 0.3 is 0 Å². The SMILES string of the molecule is Cc1oncc1C(=O)NCC1CCC(Cl)CC1. The molecule has 0 unspecified atom stereocenters. The van der Waals surface area contributed by atoms with Crippen LogP contribution in [-0.2, 0) is 0 Å². The van der Waals surface area contributed by atoms with Gasteiger partial charge < -0.3 is 9.84 Å². The Hall–Kier alpha value is -1.03. The first-order chi connectivity index (χ1) is 8.16. The first-order valence-corrected chi connectivity index (χ1v) is 6.44. The minimum absolute atomic E-state index is 0.100. The predicted octanol–water partition coefficient (Wildman–Crippen LogP) is 2.51. The van der Waals surface area contributed by atoms with E-state index in [1.807, 2.05) is 0 Å². The Morgan fingerprint density at radius 3 is 2.82 bits per heavy atom. The average molecular weight is 257 g/mol. The van der Waals surface area contributed by atoms with E-state index in [4.69, 9.17) is 16.1 Å². The molecule has 0 bridgehead atoms. The molecular formula is C12H17ClN2O2. The summed E-state index contributed by atoms with van der Waals surface area (Å²) in [6.07, 6.45) is 5.75. The minimum atomic E-state index is -0.100. The Morgan fingerprint density at radius 1 is 1.53 bits per heavy atom. The zero-order chi connectivity index (χ0) is 12.3. The van der Waals surface area contributed by atoms with Crippen LogP contribution in [0.15, 0.2) is 10.7 Å². The number of amides is 1. The standard InChI is InChI=1S/C12H17ClN2O2/c1-8-11(7-15-17-8)12(16)14-6-9-2-4-10(13)5-3-9/h7,9-10H,2-6H2,1H3,(H,14,16). The highest BCUT2D eigenvalue weighted by atomic mass is 35.5. The van der Waals surface area contributed by atoms with Crippen molar-refractivity contribution < 1.29 is 9.32 Å². The number of alkyl halides is 1. The fourth-order valence-corrected chi connectivity index (χ4v) is 2.43. The Bertz CT molecular complexity index is 384. The fraction of sp³-hybridized carbons (Fsp3) is 0.667. The second-order valence-corrected chi connectivity index (χ2v) is 5.24. The number of aryl methyl sites for hydroxylation is 1. The quantitative estimate of drug-likeness (QED) is 0.846. The molecule has 2 rings (SSSR count). The molecule has 1 amide bonds. The summed E-state index contributed by atoms with van der Waals surface area (Å²) in [5.41, 5.74) is 0.524. The number of rotatable bonds is 3. The van der Waals surface area contributed by atoms with Crippen molar-refractivity contribution in [2.24, 2.45) is 5.92 Å². The van der Waals surface area contributed by atoms with Crippen LogP contribution in [0.3, 0.4) is 0 Å². The van der Waals surface area contributed by atoms with E-state index < -0.39 is 0 Å². The van der Waals surface area contributed by atoms with Crippen molar-refractivity contribution in [2.75, 3.05) is 6.54 Å². The number of halogens is 1. The van der Waals surface area contributed by atoms with Gasteiger partial charge in [-0.15, -0.1) is 11.6 Å². The highest BCUT2D eigenvalue weighted by molar-refractivity contribution is 6.20. The van der Waals surface area contributed by atoms with Crippen LogP contribution in [-0.4, -0.2) is 23.0 Å². The predicted molar refractivity (Wildman–Crippen MR) is 65.2 cm³/mol. The van der Waals surface area contributed by atoms with E-state index in [2.05, 4.69) is 10.5 Å². The first kappa shape index (κ1) is 12.4. The second-order valence-electron chi connectivity index (χ2n) is 4.62. The van der Waals surface area contributed by atoms with E-state index >= 15 is 0 Å². The topological polar surface area (TPSA) is 55.1 Å². The van der Waals surface area contributed by atoms with Gasteiger partial charge in [-0.25, -0.2) is 0 Å². The van der Waals surface area contributed by atoms with Gasteiger partial charge in [-0.3, -0.25) is 4.79 Å². The summed E-state index contributed by atoms with van der Waals surface area (Å²) >= 11 is 6.04. The molecule has 1 aromatic heterocycles. The monoisotopic (exact) mass is 256 g/mol. The highest BCUT2D eigenvalue weighted by Crippen LogP contribution is 2.27. The Labute approximate surface area is 106 Å². The van der Waals surface area contributed by atoms with Gasteiger partial charge in [-0.05, 0) is 38.5 Å². The summed E-state index contributed by atoms with van der Waals surface area (Å²) in [7, 11) is 0. The lowest BCUT2D eigenvalue weighted by Gasteiger charge is -2.24. The normalized spacial score (nSPS) is 24.6. The fourth-order valence-electron chi connectivity index (χ4n) is 2.17. The molecule has 17 heavy (non-hydrogen) atoms.